The third-order valence-electron chi connectivity index (χ3n) is 12.2. The zero-order chi connectivity index (χ0) is 41.9. The lowest BCUT2D eigenvalue weighted by molar-refractivity contribution is 0.669. The van der Waals surface area contributed by atoms with Crippen molar-refractivity contribution in [2.24, 2.45) is 0 Å². The molecular weight excluding hydrogens is 769 g/mol. The van der Waals surface area contributed by atoms with Gasteiger partial charge < -0.3 is 4.42 Å². The first kappa shape index (κ1) is 36.2. The molecule has 0 fully saturated rings. The van der Waals surface area contributed by atoms with Gasteiger partial charge in [0.1, 0.15) is 11.2 Å². The predicted octanol–water partition coefficient (Wildman–Crippen LogP) is 15.1. The van der Waals surface area contributed by atoms with Gasteiger partial charge in [0.15, 0.2) is 17.5 Å². The van der Waals surface area contributed by atoms with E-state index in [0.717, 1.165) is 66.3 Å². The maximum atomic E-state index is 9.41. The first-order chi connectivity index (χ1) is 31.1. The quantitative estimate of drug-likeness (QED) is 0.157. The molecule has 63 heavy (non-hydrogen) atoms. The Morgan fingerprint density at radius 1 is 0.317 bits per heavy atom. The number of nitrogens with zero attached hydrogens (tertiary/aromatic N) is 4. The summed E-state index contributed by atoms with van der Waals surface area (Å²) in [4.78, 5) is 15.6. The van der Waals surface area contributed by atoms with E-state index >= 15 is 0 Å². The molecule has 0 aliphatic carbocycles. The molecule has 5 nitrogen and oxygen atoms in total. The summed E-state index contributed by atoms with van der Waals surface area (Å²) in [5.74, 6) is 1.67. The van der Waals surface area contributed by atoms with Crippen LogP contribution < -0.4 is 0 Å². The predicted molar refractivity (Wildman–Crippen MR) is 257 cm³/mol. The zero-order valence-electron chi connectivity index (χ0n) is 33.8. The maximum Gasteiger partial charge on any atom is 0.164 e. The summed E-state index contributed by atoms with van der Waals surface area (Å²) in [5, 5.41) is 18.6. The van der Waals surface area contributed by atoms with E-state index in [0.29, 0.717) is 23.0 Å². The van der Waals surface area contributed by atoms with Gasteiger partial charge in [-0.2, -0.15) is 5.26 Å². The molecule has 292 valence electrons. The number of furan rings is 1. The van der Waals surface area contributed by atoms with E-state index < -0.39 is 0 Å². The Morgan fingerprint density at radius 3 is 1.44 bits per heavy atom. The monoisotopic (exact) mass is 802 g/mol. The lowest BCUT2D eigenvalue weighted by Crippen LogP contribution is -2.00. The van der Waals surface area contributed by atoms with E-state index in [4.69, 9.17) is 19.4 Å². The average Bonchev–Trinajstić information content (AvgIpc) is 3.75. The number of hydrogen-bond donors (Lipinski definition) is 0. The van der Waals surface area contributed by atoms with Gasteiger partial charge in [-0.15, -0.1) is 0 Å². The van der Waals surface area contributed by atoms with Crippen LogP contribution in [-0.4, -0.2) is 15.0 Å². The molecule has 0 unspecified atom stereocenters. The van der Waals surface area contributed by atoms with Crippen molar-refractivity contribution in [2.75, 3.05) is 0 Å². The summed E-state index contributed by atoms with van der Waals surface area (Å²) in [5.41, 5.74) is 11.4. The van der Waals surface area contributed by atoms with Crippen molar-refractivity contribution in [3.8, 4) is 73.6 Å². The van der Waals surface area contributed by atoms with E-state index in [1.807, 2.05) is 54.6 Å². The number of rotatable bonds is 6. The van der Waals surface area contributed by atoms with Crippen LogP contribution in [0.5, 0.6) is 0 Å². The van der Waals surface area contributed by atoms with Crippen LogP contribution >= 0.6 is 0 Å². The highest BCUT2D eigenvalue weighted by Crippen LogP contribution is 2.40. The average molecular weight is 803 g/mol. The van der Waals surface area contributed by atoms with E-state index in [1.54, 1.807) is 0 Å². The van der Waals surface area contributed by atoms with Crippen molar-refractivity contribution in [1.29, 1.82) is 5.26 Å². The molecular formula is C58H34N4O. The minimum absolute atomic E-state index is 0.543. The van der Waals surface area contributed by atoms with Crippen LogP contribution in [0.3, 0.4) is 0 Å². The van der Waals surface area contributed by atoms with Gasteiger partial charge >= 0.3 is 0 Å². The molecule has 0 atom stereocenters. The molecule has 0 N–H and O–H groups in total. The van der Waals surface area contributed by atoms with Gasteiger partial charge in [-0.05, 0) is 108 Å². The van der Waals surface area contributed by atoms with E-state index in [1.165, 1.54) is 38.1 Å². The Bertz CT molecular complexity index is 3750. The third-order valence-corrected chi connectivity index (χ3v) is 12.2. The fraction of sp³-hybridized carbons (Fsp3) is 0. The molecule has 0 saturated heterocycles. The Morgan fingerprint density at radius 2 is 0.778 bits per heavy atom. The Hall–Kier alpha value is -8.72. The number of nitriles is 1. The molecule has 0 amide bonds. The molecule has 12 aromatic rings. The van der Waals surface area contributed by atoms with Crippen LogP contribution in [0.1, 0.15) is 5.56 Å². The van der Waals surface area contributed by atoms with E-state index in [9.17, 15) is 5.26 Å². The summed E-state index contributed by atoms with van der Waals surface area (Å²) in [6.07, 6.45) is 0. The first-order valence-corrected chi connectivity index (χ1v) is 21.0. The van der Waals surface area contributed by atoms with Crippen molar-refractivity contribution in [1.82, 2.24) is 15.0 Å². The van der Waals surface area contributed by atoms with Crippen LogP contribution in [0.4, 0.5) is 0 Å². The van der Waals surface area contributed by atoms with Gasteiger partial charge in [-0.1, -0.05) is 164 Å². The van der Waals surface area contributed by atoms with Gasteiger partial charge in [0.2, 0.25) is 0 Å². The fourth-order valence-electron chi connectivity index (χ4n) is 9.06. The summed E-state index contributed by atoms with van der Waals surface area (Å²) >= 11 is 0. The molecule has 0 radical (unpaired) electrons. The highest BCUT2D eigenvalue weighted by molar-refractivity contribution is 6.25. The number of benzene rings is 10. The van der Waals surface area contributed by atoms with Crippen molar-refractivity contribution in [3.05, 3.63) is 212 Å². The van der Waals surface area contributed by atoms with E-state index in [-0.39, 0.29) is 0 Å². The second-order valence-electron chi connectivity index (χ2n) is 15.9. The Kier molecular flexibility index (Phi) is 8.48. The molecule has 0 spiro atoms. The molecule has 12 rings (SSSR count). The minimum Gasteiger partial charge on any atom is -0.456 e. The van der Waals surface area contributed by atoms with Crippen LogP contribution in [0.25, 0.3) is 122 Å². The fourth-order valence-corrected chi connectivity index (χ4v) is 9.06. The summed E-state index contributed by atoms with van der Waals surface area (Å²) in [7, 11) is 0. The minimum atomic E-state index is 0.543. The van der Waals surface area contributed by atoms with Gasteiger partial charge in [0.05, 0.1) is 11.6 Å². The summed E-state index contributed by atoms with van der Waals surface area (Å²) in [6.45, 7) is 0. The smallest absolute Gasteiger partial charge is 0.164 e. The largest absolute Gasteiger partial charge is 0.456 e. The molecule has 5 heteroatoms. The third kappa shape index (κ3) is 6.29. The lowest BCUT2D eigenvalue weighted by Gasteiger charge is -2.13. The van der Waals surface area contributed by atoms with Crippen molar-refractivity contribution in [2.45, 2.75) is 0 Å². The van der Waals surface area contributed by atoms with Crippen LogP contribution in [0, 0.1) is 11.3 Å². The molecule has 0 aliphatic rings. The number of aromatic nitrogens is 3. The highest BCUT2D eigenvalue weighted by Gasteiger charge is 2.18. The molecule has 10 aromatic carbocycles. The highest BCUT2D eigenvalue weighted by atomic mass is 16.3. The van der Waals surface area contributed by atoms with Crippen molar-refractivity contribution < 1.29 is 4.42 Å². The SMILES string of the molecule is N#Cc1ccc(-c2cccc(-c3nc(-c4ccc5c(c4)oc4cccc(-c6ccc(-c7ccccc7)cc6)c45)nc(-c4ccc5c6ccccc6c6ccccc6c5c4)n3)c2)cc1. The molecule has 0 aliphatic heterocycles. The Labute approximate surface area is 362 Å². The van der Waals surface area contributed by atoms with Crippen LogP contribution in [-0.2, 0) is 0 Å². The van der Waals surface area contributed by atoms with Gasteiger partial charge in [-0.25, -0.2) is 15.0 Å². The van der Waals surface area contributed by atoms with Gasteiger partial charge in [-0.3, -0.25) is 0 Å². The molecule has 0 bridgehead atoms. The first-order valence-electron chi connectivity index (χ1n) is 21.0. The topological polar surface area (TPSA) is 75.6 Å². The summed E-state index contributed by atoms with van der Waals surface area (Å²) in [6, 6.07) is 73.5. The maximum absolute atomic E-state index is 9.41. The number of fused-ring (bicyclic) bond motifs is 9. The molecule has 2 aromatic heterocycles. The normalized spacial score (nSPS) is 11.5. The lowest BCUT2D eigenvalue weighted by atomic mass is 9.93. The van der Waals surface area contributed by atoms with Crippen molar-refractivity contribution >= 4 is 54.3 Å². The van der Waals surface area contributed by atoms with Gasteiger partial charge in [0.25, 0.3) is 0 Å². The van der Waals surface area contributed by atoms with Crippen molar-refractivity contribution in [3.63, 3.8) is 0 Å². The van der Waals surface area contributed by atoms with Gasteiger partial charge in [0, 0.05) is 27.5 Å². The second-order valence-corrected chi connectivity index (χ2v) is 15.9. The standard InChI is InChI=1S/C58H34N4O/c59-35-36-20-22-39(23-21-36)41-12-8-13-42(32-41)56-60-57(43-28-30-50-48-16-5-4-14-46(48)47-15-6-7-17-49(47)52(50)33-43)62-58(61-56)44-29-31-51-54(34-44)63-53-19-9-18-45(55(51)53)40-26-24-38(25-27-40)37-10-2-1-3-11-37/h1-34H. The van der Waals surface area contributed by atoms with Crippen LogP contribution in [0.15, 0.2) is 211 Å². The second kappa shape index (κ2) is 14.8. The number of hydrogen-bond acceptors (Lipinski definition) is 5. The van der Waals surface area contributed by atoms with Crippen LogP contribution in [0.2, 0.25) is 0 Å². The molecule has 0 saturated carbocycles. The summed E-state index contributed by atoms with van der Waals surface area (Å²) < 4.78 is 6.61. The zero-order valence-corrected chi connectivity index (χ0v) is 33.8. The van der Waals surface area contributed by atoms with E-state index in [2.05, 4.69) is 158 Å². The molecule has 2 heterocycles. The Balaban J connectivity index is 1.01.